The molecule has 2 aliphatic rings. The van der Waals surface area contributed by atoms with Crippen LogP contribution in [0.2, 0.25) is 0 Å². The quantitative estimate of drug-likeness (QED) is 0.612. The van der Waals surface area contributed by atoms with E-state index in [0.717, 1.165) is 23.3 Å². The fourth-order valence-corrected chi connectivity index (χ4v) is 5.34. The predicted octanol–water partition coefficient (Wildman–Crippen LogP) is 2.94. The van der Waals surface area contributed by atoms with Crippen LogP contribution in [-0.4, -0.2) is 56.2 Å². The third-order valence-corrected chi connectivity index (χ3v) is 7.56. The maximum absolute atomic E-state index is 12.7. The van der Waals surface area contributed by atoms with Crippen molar-refractivity contribution in [3.63, 3.8) is 0 Å². The van der Waals surface area contributed by atoms with E-state index >= 15 is 0 Å². The number of ether oxygens (including phenoxy) is 2. The second-order valence-electron chi connectivity index (χ2n) is 8.03. The van der Waals surface area contributed by atoms with Gasteiger partial charge < -0.3 is 19.3 Å². The van der Waals surface area contributed by atoms with Gasteiger partial charge >= 0.3 is 0 Å². The molecule has 9 nitrogen and oxygen atoms in total. The Morgan fingerprint density at radius 1 is 1.09 bits per heavy atom. The van der Waals surface area contributed by atoms with Crippen molar-refractivity contribution in [2.45, 2.75) is 24.3 Å². The summed E-state index contributed by atoms with van der Waals surface area (Å²) in [5.41, 5.74) is 2.49. The molecule has 0 unspecified atom stereocenters. The van der Waals surface area contributed by atoms with Crippen molar-refractivity contribution in [3.8, 4) is 17.1 Å². The molecule has 0 saturated carbocycles. The Hall–Kier alpha value is -3.21. The van der Waals surface area contributed by atoms with Crippen LogP contribution in [0.3, 0.4) is 0 Å². The van der Waals surface area contributed by atoms with E-state index in [1.165, 1.54) is 16.4 Å². The smallest absolute Gasteiger partial charge is 0.277 e. The molecule has 0 aliphatic carbocycles. The SMILES string of the molecule is C[C@@H]1Cc2cc(-c3cc(C(=O)Nc4ccc(S(=O)(=O)N5CCOCC5)cc4)no3)ccc2O1. The minimum absolute atomic E-state index is 0.125. The molecule has 3 aromatic rings. The number of hydrogen-bond acceptors (Lipinski definition) is 7. The van der Waals surface area contributed by atoms with Crippen LogP contribution in [0.15, 0.2) is 57.9 Å². The van der Waals surface area contributed by atoms with Gasteiger partial charge in [0.05, 0.1) is 18.1 Å². The molecule has 2 aromatic carbocycles. The van der Waals surface area contributed by atoms with Crippen molar-refractivity contribution in [2.75, 3.05) is 31.6 Å². The van der Waals surface area contributed by atoms with E-state index in [1.54, 1.807) is 18.2 Å². The molecule has 172 valence electrons. The highest BCUT2D eigenvalue weighted by Gasteiger charge is 2.26. The van der Waals surface area contributed by atoms with Crippen LogP contribution in [-0.2, 0) is 21.2 Å². The topological polar surface area (TPSA) is 111 Å². The Morgan fingerprint density at radius 2 is 1.85 bits per heavy atom. The highest BCUT2D eigenvalue weighted by molar-refractivity contribution is 7.89. The van der Waals surface area contributed by atoms with Crippen molar-refractivity contribution in [2.24, 2.45) is 0 Å². The van der Waals surface area contributed by atoms with Crippen molar-refractivity contribution in [1.82, 2.24) is 9.46 Å². The summed E-state index contributed by atoms with van der Waals surface area (Å²) in [5.74, 6) is 0.893. The molecule has 33 heavy (non-hydrogen) atoms. The molecular formula is C23H23N3O6S. The fourth-order valence-electron chi connectivity index (χ4n) is 3.93. The predicted molar refractivity (Wildman–Crippen MR) is 120 cm³/mol. The number of fused-ring (bicyclic) bond motifs is 1. The number of morpholine rings is 1. The van der Waals surface area contributed by atoms with E-state index in [0.29, 0.717) is 37.8 Å². The van der Waals surface area contributed by atoms with Gasteiger partial charge in [-0.05, 0) is 55.0 Å². The number of benzene rings is 2. The monoisotopic (exact) mass is 469 g/mol. The molecule has 1 saturated heterocycles. The number of hydrogen-bond donors (Lipinski definition) is 1. The lowest BCUT2D eigenvalue weighted by molar-refractivity contribution is 0.0730. The number of nitrogens with one attached hydrogen (secondary N) is 1. The van der Waals surface area contributed by atoms with Gasteiger partial charge in [-0.15, -0.1) is 0 Å². The van der Waals surface area contributed by atoms with E-state index in [1.807, 2.05) is 25.1 Å². The fraction of sp³-hybridized carbons (Fsp3) is 0.304. The largest absolute Gasteiger partial charge is 0.490 e. The molecule has 10 heteroatoms. The Balaban J connectivity index is 1.27. The summed E-state index contributed by atoms with van der Waals surface area (Å²) in [7, 11) is -3.59. The number of carbonyl (C=O) groups excluding carboxylic acids is 1. The second kappa shape index (κ2) is 8.62. The van der Waals surface area contributed by atoms with Crippen LogP contribution >= 0.6 is 0 Å². The van der Waals surface area contributed by atoms with Crippen LogP contribution in [0.5, 0.6) is 5.75 Å². The zero-order valence-corrected chi connectivity index (χ0v) is 18.8. The average molecular weight is 470 g/mol. The molecule has 1 amide bonds. The highest BCUT2D eigenvalue weighted by Crippen LogP contribution is 2.33. The molecule has 0 spiro atoms. The first-order valence-corrected chi connectivity index (χ1v) is 12.1. The number of sulfonamides is 1. The molecule has 1 N–H and O–H groups in total. The first-order chi connectivity index (χ1) is 15.9. The molecule has 0 bridgehead atoms. The third-order valence-electron chi connectivity index (χ3n) is 5.64. The summed E-state index contributed by atoms with van der Waals surface area (Å²) in [6.45, 7) is 3.43. The van der Waals surface area contributed by atoms with Crippen molar-refractivity contribution >= 4 is 21.6 Å². The number of rotatable bonds is 5. The Morgan fingerprint density at radius 3 is 2.61 bits per heavy atom. The normalized spacial score (nSPS) is 18.5. The molecule has 1 aromatic heterocycles. The molecule has 1 fully saturated rings. The number of anilines is 1. The number of aromatic nitrogens is 1. The lowest BCUT2D eigenvalue weighted by atomic mass is 10.1. The van der Waals surface area contributed by atoms with Crippen molar-refractivity contribution < 1.29 is 27.2 Å². The molecule has 0 radical (unpaired) electrons. The molecular weight excluding hydrogens is 446 g/mol. The van der Waals surface area contributed by atoms with E-state index < -0.39 is 15.9 Å². The van der Waals surface area contributed by atoms with Crippen LogP contribution in [0, 0.1) is 0 Å². The summed E-state index contributed by atoms with van der Waals surface area (Å²) in [5, 5.41) is 6.60. The summed E-state index contributed by atoms with van der Waals surface area (Å²) < 4.78 is 43.1. The van der Waals surface area contributed by atoms with Crippen LogP contribution < -0.4 is 10.1 Å². The minimum atomic E-state index is -3.59. The average Bonchev–Trinajstić information content (AvgIpc) is 3.46. The maximum Gasteiger partial charge on any atom is 0.277 e. The number of carbonyl (C=O) groups is 1. The summed E-state index contributed by atoms with van der Waals surface area (Å²) in [6.07, 6.45) is 0.962. The van der Waals surface area contributed by atoms with Gasteiger partial charge in [-0.25, -0.2) is 8.42 Å². The zero-order valence-electron chi connectivity index (χ0n) is 18.0. The first kappa shape index (κ1) is 21.6. The van der Waals surface area contributed by atoms with E-state index in [4.69, 9.17) is 14.0 Å². The third kappa shape index (κ3) is 4.37. The van der Waals surface area contributed by atoms with Crippen molar-refractivity contribution in [3.05, 3.63) is 59.8 Å². The summed E-state index contributed by atoms with van der Waals surface area (Å²) in [6, 6.07) is 13.4. The van der Waals surface area contributed by atoms with Crippen LogP contribution in [0.1, 0.15) is 23.0 Å². The second-order valence-corrected chi connectivity index (χ2v) is 9.96. The summed E-state index contributed by atoms with van der Waals surface area (Å²) >= 11 is 0. The Labute approximate surface area is 191 Å². The van der Waals surface area contributed by atoms with Gasteiger partial charge in [0, 0.05) is 36.8 Å². The molecule has 2 aliphatic heterocycles. The molecule has 5 rings (SSSR count). The van der Waals surface area contributed by atoms with Gasteiger partial charge in [0.25, 0.3) is 5.91 Å². The maximum atomic E-state index is 12.7. The van der Waals surface area contributed by atoms with Crippen molar-refractivity contribution in [1.29, 1.82) is 0 Å². The Bertz CT molecular complexity index is 1280. The van der Waals surface area contributed by atoms with Crippen LogP contribution in [0.4, 0.5) is 5.69 Å². The highest BCUT2D eigenvalue weighted by atomic mass is 32.2. The lowest BCUT2D eigenvalue weighted by Crippen LogP contribution is -2.40. The van der Waals surface area contributed by atoms with E-state index in [9.17, 15) is 13.2 Å². The molecule has 1 atom stereocenters. The molecule has 3 heterocycles. The lowest BCUT2D eigenvalue weighted by Gasteiger charge is -2.26. The Kier molecular flexibility index (Phi) is 5.65. The standard InChI is InChI=1S/C23H23N3O6S/c1-15-12-17-13-16(2-7-21(17)31-15)22-14-20(25-32-22)23(27)24-18-3-5-19(6-4-18)33(28,29)26-8-10-30-11-9-26/h2-7,13-15H,8-12H2,1H3,(H,24,27)/t15-/m1/s1. The van der Waals surface area contributed by atoms with Gasteiger partial charge in [-0.2, -0.15) is 4.31 Å². The van der Waals surface area contributed by atoms with Gasteiger partial charge in [0.1, 0.15) is 11.9 Å². The van der Waals surface area contributed by atoms with Crippen LogP contribution in [0.25, 0.3) is 11.3 Å². The number of nitrogens with zero attached hydrogens (tertiary/aromatic N) is 2. The first-order valence-electron chi connectivity index (χ1n) is 10.7. The zero-order chi connectivity index (χ0) is 23.0. The van der Waals surface area contributed by atoms with E-state index in [2.05, 4.69) is 10.5 Å². The van der Waals surface area contributed by atoms with Gasteiger partial charge in [0.2, 0.25) is 10.0 Å². The summed E-state index contributed by atoms with van der Waals surface area (Å²) in [4.78, 5) is 12.8. The van der Waals surface area contributed by atoms with E-state index in [-0.39, 0.29) is 16.7 Å². The van der Waals surface area contributed by atoms with Gasteiger partial charge in [0.15, 0.2) is 11.5 Å². The number of amides is 1. The van der Waals surface area contributed by atoms with Gasteiger partial charge in [-0.3, -0.25) is 4.79 Å². The minimum Gasteiger partial charge on any atom is -0.490 e. The van der Waals surface area contributed by atoms with Gasteiger partial charge in [-0.1, -0.05) is 5.16 Å².